The van der Waals surface area contributed by atoms with Gasteiger partial charge in [-0.15, -0.1) is 0 Å². The van der Waals surface area contributed by atoms with Gasteiger partial charge in [0.25, 0.3) is 0 Å². The first-order valence-electron chi connectivity index (χ1n) is 8.62. The van der Waals surface area contributed by atoms with Gasteiger partial charge in [0.15, 0.2) is 5.57 Å². The maximum absolute atomic E-state index is 14.6. The van der Waals surface area contributed by atoms with Crippen LogP contribution in [0.25, 0.3) is 5.57 Å². The van der Waals surface area contributed by atoms with Crippen molar-refractivity contribution in [3.8, 4) is 0 Å². The van der Waals surface area contributed by atoms with E-state index in [0.717, 1.165) is 11.6 Å². The number of hydrogen-bond donors (Lipinski definition) is 0. The number of rotatable bonds is 7. The molecule has 0 aliphatic heterocycles. The molecular formula is C21H19BrF2O4. The van der Waals surface area contributed by atoms with Gasteiger partial charge in [-0.2, -0.15) is 0 Å². The van der Waals surface area contributed by atoms with Crippen molar-refractivity contribution < 1.29 is 27.8 Å². The average Bonchev–Trinajstić information content (AvgIpc) is 2.67. The van der Waals surface area contributed by atoms with Crippen LogP contribution < -0.4 is 0 Å². The highest BCUT2D eigenvalue weighted by Crippen LogP contribution is 2.31. The van der Waals surface area contributed by atoms with Crippen LogP contribution in [-0.4, -0.2) is 25.2 Å². The third kappa shape index (κ3) is 5.04. The summed E-state index contributed by atoms with van der Waals surface area (Å²) in [6, 6.07) is 9.74. The molecule has 0 saturated heterocycles. The van der Waals surface area contributed by atoms with Gasteiger partial charge in [0.1, 0.15) is 11.6 Å². The Hall–Kier alpha value is -2.54. The molecule has 0 atom stereocenters. The maximum atomic E-state index is 14.6. The number of carbonyl (C=O) groups is 2. The Kier molecular flexibility index (Phi) is 7.87. The summed E-state index contributed by atoms with van der Waals surface area (Å²) in [4.78, 5) is 25.1. The lowest BCUT2D eigenvalue weighted by Gasteiger charge is -2.16. The van der Waals surface area contributed by atoms with Crippen LogP contribution in [-0.2, 0) is 24.4 Å². The van der Waals surface area contributed by atoms with Crippen molar-refractivity contribution in [2.24, 2.45) is 0 Å². The molecule has 0 spiro atoms. The average molecular weight is 453 g/mol. The molecule has 0 aliphatic carbocycles. The molecule has 0 aromatic heterocycles. The van der Waals surface area contributed by atoms with E-state index in [1.807, 2.05) is 0 Å². The number of benzene rings is 2. The van der Waals surface area contributed by atoms with Crippen LogP contribution in [0, 0.1) is 11.6 Å². The van der Waals surface area contributed by atoms with E-state index in [4.69, 9.17) is 9.47 Å². The number of halogens is 3. The van der Waals surface area contributed by atoms with Crippen molar-refractivity contribution in [2.45, 2.75) is 19.2 Å². The first-order chi connectivity index (χ1) is 13.4. The number of ether oxygens (including phenoxy) is 2. The van der Waals surface area contributed by atoms with E-state index in [1.54, 1.807) is 38.1 Å². The van der Waals surface area contributed by atoms with Gasteiger partial charge >= 0.3 is 11.9 Å². The van der Waals surface area contributed by atoms with Crippen LogP contribution in [0.2, 0.25) is 0 Å². The van der Waals surface area contributed by atoms with E-state index in [9.17, 15) is 18.4 Å². The lowest BCUT2D eigenvalue weighted by molar-refractivity contribution is -0.146. The summed E-state index contributed by atoms with van der Waals surface area (Å²) < 4.78 is 38.0. The predicted molar refractivity (Wildman–Crippen MR) is 105 cm³/mol. The van der Waals surface area contributed by atoms with E-state index in [0.29, 0.717) is 17.0 Å². The number of esters is 2. The van der Waals surface area contributed by atoms with Gasteiger partial charge in [-0.25, -0.2) is 18.4 Å². The first-order valence-corrected chi connectivity index (χ1v) is 9.74. The molecule has 2 rings (SSSR count). The van der Waals surface area contributed by atoms with Crippen molar-refractivity contribution in [3.63, 3.8) is 0 Å². The summed E-state index contributed by atoms with van der Waals surface area (Å²) >= 11 is 3.34. The minimum atomic E-state index is -0.941. The predicted octanol–water partition coefficient (Wildman–Crippen LogP) is 4.79. The van der Waals surface area contributed by atoms with Crippen LogP contribution in [0.4, 0.5) is 8.78 Å². The zero-order chi connectivity index (χ0) is 20.7. The molecule has 0 N–H and O–H groups in total. The first kappa shape index (κ1) is 21.8. The highest BCUT2D eigenvalue weighted by molar-refractivity contribution is 9.08. The van der Waals surface area contributed by atoms with Crippen molar-refractivity contribution in [2.75, 3.05) is 13.2 Å². The molecule has 148 valence electrons. The summed E-state index contributed by atoms with van der Waals surface area (Å²) in [7, 11) is 0. The summed E-state index contributed by atoms with van der Waals surface area (Å²) in [5.74, 6) is -3.57. The van der Waals surface area contributed by atoms with Crippen LogP contribution in [0.5, 0.6) is 0 Å². The Bertz CT molecular complexity index is 872. The summed E-state index contributed by atoms with van der Waals surface area (Å²) in [6.45, 7) is 3.21. The Morgan fingerprint density at radius 1 is 0.929 bits per heavy atom. The quantitative estimate of drug-likeness (QED) is 0.199. The van der Waals surface area contributed by atoms with Gasteiger partial charge < -0.3 is 9.47 Å². The summed E-state index contributed by atoms with van der Waals surface area (Å²) in [6.07, 6.45) is 0. The van der Waals surface area contributed by atoms with Crippen LogP contribution in [0.1, 0.15) is 30.5 Å². The molecule has 0 amide bonds. The minimum Gasteiger partial charge on any atom is -0.462 e. The second-order valence-corrected chi connectivity index (χ2v) is 6.21. The van der Waals surface area contributed by atoms with Gasteiger partial charge in [0, 0.05) is 22.5 Å². The van der Waals surface area contributed by atoms with Gasteiger partial charge in [0.2, 0.25) is 0 Å². The maximum Gasteiger partial charge on any atom is 0.346 e. The van der Waals surface area contributed by atoms with E-state index in [-0.39, 0.29) is 24.4 Å². The lowest BCUT2D eigenvalue weighted by atomic mass is 9.92. The molecule has 0 unspecified atom stereocenters. The van der Waals surface area contributed by atoms with E-state index in [1.165, 1.54) is 6.07 Å². The second kappa shape index (κ2) is 10.1. The largest absolute Gasteiger partial charge is 0.462 e. The Morgan fingerprint density at radius 2 is 1.50 bits per heavy atom. The smallest absolute Gasteiger partial charge is 0.346 e. The Morgan fingerprint density at radius 3 is 1.96 bits per heavy atom. The van der Waals surface area contributed by atoms with Crippen LogP contribution in [0.15, 0.2) is 48.0 Å². The van der Waals surface area contributed by atoms with Crippen molar-refractivity contribution in [3.05, 3.63) is 76.4 Å². The van der Waals surface area contributed by atoms with Crippen LogP contribution in [0.3, 0.4) is 0 Å². The highest BCUT2D eigenvalue weighted by Gasteiger charge is 2.29. The molecule has 0 saturated carbocycles. The molecule has 0 heterocycles. The lowest BCUT2D eigenvalue weighted by Crippen LogP contribution is -2.21. The van der Waals surface area contributed by atoms with E-state index >= 15 is 0 Å². The SMILES string of the molecule is CCOC(=O)C(C(=O)OCC)=C(c1ccc(CBr)cc1)c1ccc(F)cc1F. The fraction of sp³-hybridized carbons (Fsp3) is 0.238. The standard InChI is InChI=1S/C21H19BrF2O4/c1-3-27-20(25)19(21(26)28-4-2)18(14-7-5-13(12-22)6-8-14)16-10-9-15(23)11-17(16)24/h5-11H,3-4,12H2,1-2H3. The second-order valence-electron chi connectivity index (χ2n) is 5.65. The van der Waals surface area contributed by atoms with E-state index in [2.05, 4.69) is 15.9 Å². The van der Waals surface area contributed by atoms with Gasteiger partial charge in [-0.3, -0.25) is 0 Å². The normalized spacial score (nSPS) is 10.3. The van der Waals surface area contributed by atoms with Gasteiger partial charge in [0.05, 0.1) is 13.2 Å². The molecule has 2 aromatic carbocycles. The zero-order valence-corrected chi connectivity index (χ0v) is 17.0. The molecule has 0 bridgehead atoms. The number of alkyl halides is 1. The third-order valence-electron chi connectivity index (χ3n) is 3.81. The molecule has 0 aliphatic rings. The minimum absolute atomic E-state index is 0.0173. The molecule has 7 heteroatoms. The molecule has 2 aromatic rings. The van der Waals surface area contributed by atoms with Crippen molar-refractivity contribution in [1.29, 1.82) is 0 Å². The summed E-state index contributed by atoms with van der Waals surface area (Å²) in [5, 5.41) is 0.597. The third-order valence-corrected chi connectivity index (χ3v) is 4.45. The fourth-order valence-corrected chi connectivity index (χ4v) is 2.96. The van der Waals surface area contributed by atoms with Crippen molar-refractivity contribution in [1.82, 2.24) is 0 Å². The summed E-state index contributed by atoms with van der Waals surface area (Å²) in [5.41, 5.74) is 0.767. The molecule has 0 radical (unpaired) electrons. The molecule has 28 heavy (non-hydrogen) atoms. The van der Waals surface area contributed by atoms with Crippen molar-refractivity contribution >= 4 is 33.4 Å². The van der Waals surface area contributed by atoms with Crippen LogP contribution >= 0.6 is 15.9 Å². The molecular weight excluding hydrogens is 434 g/mol. The topological polar surface area (TPSA) is 52.6 Å². The monoisotopic (exact) mass is 452 g/mol. The molecule has 0 fully saturated rings. The number of carbonyl (C=O) groups excluding carboxylic acids is 2. The van der Waals surface area contributed by atoms with E-state index < -0.39 is 29.1 Å². The zero-order valence-electron chi connectivity index (χ0n) is 15.4. The number of hydrogen-bond acceptors (Lipinski definition) is 4. The Balaban J connectivity index is 2.82. The van der Waals surface area contributed by atoms with Gasteiger partial charge in [-0.05, 0) is 37.1 Å². The fourth-order valence-electron chi connectivity index (χ4n) is 2.58. The van der Waals surface area contributed by atoms with Gasteiger partial charge in [-0.1, -0.05) is 40.2 Å². The Labute approximate surface area is 170 Å². The molecule has 4 nitrogen and oxygen atoms in total. The highest BCUT2D eigenvalue weighted by atomic mass is 79.9.